The summed E-state index contributed by atoms with van der Waals surface area (Å²) in [6.07, 6.45) is 0.594. The molecule has 0 aromatic heterocycles. The number of carbonyl (C=O) groups is 1. The number of hydrogen-bond acceptors (Lipinski definition) is 3. The minimum Gasteiger partial charge on any atom is -0.375 e. The van der Waals surface area contributed by atoms with Crippen LogP contribution in [-0.2, 0) is 16.1 Å². The van der Waals surface area contributed by atoms with Gasteiger partial charge >= 0.3 is 0 Å². The molecule has 130 valence electrons. The standard InChI is InChI=1S/C16H22ClFN2O2.ClH/c1-3-8-20(10-12-13(17)5-4-6-14(12)18)16(21)15-11(2)22-9-7-19-15;/h4-6,11,15,19H,3,7-10H2,1-2H3;1H/t11-,15+;/m1./s1. The van der Waals surface area contributed by atoms with Crippen molar-refractivity contribution >= 4 is 29.9 Å². The van der Waals surface area contributed by atoms with Crippen LogP contribution >= 0.6 is 24.0 Å². The molecular weight excluding hydrogens is 342 g/mol. The van der Waals surface area contributed by atoms with Gasteiger partial charge in [0.25, 0.3) is 0 Å². The summed E-state index contributed by atoms with van der Waals surface area (Å²) in [5.74, 6) is -0.462. The van der Waals surface area contributed by atoms with Crippen molar-refractivity contribution in [2.24, 2.45) is 0 Å². The summed E-state index contributed by atoms with van der Waals surface area (Å²) >= 11 is 6.07. The van der Waals surface area contributed by atoms with E-state index in [0.29, 0.717) is 30.3 Å². The number of morpholine rings is 1. The molecule has 0 spiro atoms. The molecule has 0 saturated carbocycles. The van der Waals surface area contributed by atoms with Crippen LogP contribution in [0.25, 0.3) is 0 Å². The lowest BCUT2D eigenvalue weighted by Gasteiger charge is -2.34. The number of carbonyl (C=O) groups excluding carboxylic acids is 1. The van der Waals surface area contributed by atoms with Crippen molar-refractivity contribution in [3.05, 3.63) is 34.6 Å². The number of hydrogen-bond donors (Lipinski definition) is 1. The van der Waals surface area contributed by atoms with Gasteiger partial charge in [0, 0.05) is 23.7 Å². The van der Waals surface area contributed by atoms with E-state index < -0.39 is 6.04 Å². The van der Waals surface area contributed by atoms with Gasteiger partial charge in [0.05, 0.1) is 19.3 Å². The quantitative estimate of drug-likeness (QED) is 0.872. The fourth-order valence-corrected chi connectivity index (χ4v) is 2.84. The molecule has 2 atom stereocenters. The van der Waals surface area contributed by atoms with Crippen LogP contribution < -0.4 is 5.32 Å². The first-order valence-corrected chi connectivity index (χ1v) is 7.99. The minimum atomic E-state index is -0.397. The first-order valence-electron chi connectivity index (χ1n) is 7.61. The van der Waals surface area contributed by atoms with Gasteiger partial charge in [-0.15, -0.1) is 12.4 Å². The molecule has 0 aliphatic carbocycles. The normalized spacial score (nSPS) is 20.7. The Balaban J connectivity index is 0.00000264. The van der Waals surface area contributed by atoms with Gasteiger partial charge in [0.2, 0.25) is 5.91 Å². The zero-order chi connectivity index (χ0) is 16.1. The van der Waals surface area contributed by atoms with Crippen LogP contribution in [-0.4, -0.2) is 42.6 Å². The summed E-state index contributed by atoms with van der Waals surface area (Å²) in [5.41, 5.74) is 0.357. The topological polar surface area (TPSA) is 41.6 Å². The monoisotopic (exact) mass is 364 g/mol. The van der Waals surface area contributed by atoms with Crippen LogP contribution in [0.1, 0.15) is 25.8 Å². The summed E-state index contributed by atoms with van der Waals surface area (Å²) in [4.78, 5) is 14.4. The van der Waals surface area contributed by atoms with Gasteiger partial charge in [-0.25, -0.2) is 4.39 Å². The predicted octanol–water partition coefficient (Wildman–Crippen LogP) is 3.02. The average molecular weight is 365 g/mol. The number of benzene rings is 1. The highest BCUT2D eigenvalue weighted by Gasteiger charge is 2.32. The second kappa shape index (κ2) is 9.42. The molecule has 23 heavy (non-hydrogen) atoms. The van der Waals surface area contributed by atoms with Crippen molar-refractivity contribution in [3.63, 3.8) is 0 Å². The number of nitrogens with one attached hydrogen (secondary N) is 1. The Morgan fingerprint density at radius 3 is 2.87 bits per heavy atom. The molecule has 0 radical (unpaired) electrons. The second-order valence-electron chi connectivity index (χ2n) is 5.47. The molecule has 1 aromatic rings. The Labute approximate surface area is 147 Å². The molecule has 1 aliphatic heterocycles. The molecule has 1 aliphatic rings. The zero-order valence-corrected chi connectivity index (χ0v) is 14.9. The predicted molar refractivity (Wildman–Crippen MR) is 91.6 cm³/mol. The Kier molecular flexibility index (Phi) is 8.26. The van der Waals surface area contributed by atoms with Gasteiger partial charge in [-0.1, -0.05) is 24.6 Å². The van der Waals surface area contributed by atoms with E-state index in [1.807, 2.05) is 13.8 Å². The molecule has 1 N–H and O–H groups in total. The molecule has 1 saturated heterocycles. The van der Waals surface area contributed by atoms with Crippen LogP contribution in [0, 0.1) is 5.82 Å². The lowest BCUT2D eigenvalue weighted by Crippen LogP contribution is -2.56. The fourth-order valence-electron chi connectivity index (χ4n) is 2.62. The summed E-state index contributed by atoms with van der Waals surface area (Å²) < 4.78 is 19.5. The Morgan fingerprint density at radius 1 is 1.52 bits per heavy atom. The van der Waals surface area contributed by atoms with Crippen molar-refractivity contribution < 1.29 is 13.9 Å². The molecule has 4 nitrogen and oxygen atoms in total. The van der Waals surface area contributed by atoms with E-state index in [2.05, 4.69) is 5.32 Å². The third-order valence-electron chi connectivity index (χ3n) is 3.80. The van der Waals surface area contributed by atoms with E-state index in [4.69, 9.17) is 16.3 Å². The Morgan fingerprint density at radius 2 is 2.26 bits per heavy atom. The van der Waals surface area contributed by atoms with E-state index >= 15 is 0 Å². The zero-order valence-electron chi connectivity index (χ0n) is 13.4. The minimum absolute atomic E-state index is 0. The van der Waals surface area contributed by atoms with Gasteiger partial charge in [0.15, 0.2) is 0 Å². The van der Waals surface area contributed by atoms with Crippen molar-refractivity contribution in [3.8, 4) is 0 Å². The Bertz CT molecular complexity index is 511. The molecule has 7 heteroatoms. The van der Waals surface area contributed by atoms with Gasteiger partial charge in [0.1, 0.15) is 11.9 Å². The summed E-state index contributed by atoms with van der Waals surface area (Å²) in [5, 5.41) is 3.52. The van der Waals surface area contributed by atoms with Crippen molar-refractivity contribution in [2.45, 2.75) is 39.0 Å². The highest BCUT2D eigenvalue weighted by molar-refractivity contribution is 6.31. The van der Waals surface area contributed by atoms with Crippen LogP contribution in [0.4, 0.5) is 4.39 Å². The molecule has 1 amide bonds. The molecule has 1 heterocycles. The number of amides is 1. The lowest BCUT2D eigenvalue weighted by atomic mass is 10.1. The highest BCUT2D eigenvalue weighted by Crippen LogP contribution is 2.22. The molecule has 2 rings (SSSR count). The third kappa shape index (κ3) is 5.05. The molecular formula is C16H23Cl2FN2O2. The smallest absolute Gasteiger partial charge is 0.242 e. The number of ether oxygens (including phenoxy) is 1. The SMILES string of the molecule is CCCN(Cc1c(F)cccc1Cl)C(=O)[C@H]1NCCO[C@@H]1C.Cl. The van der Waals surface area contributed by atoms with Crippen LogP contribution in [0.5, 0.6) is 0 Å². The average Bonchev–Trinajstić information content (AvgIpc) is 2.50. The summed E-state index contributed by atoms with van der Waals surface area (Å²) in [6.45, 7) is 5.81. The van der Waals surface area contributed by atoms with Gasteiger partial charge in [-0.05, 0) is 25.5 Å². The highest BCUT2D eigenvalue weighted by atomic mass is 35.5. The fraction of sp³-hybridized carbons (Fsp3) is 0.562. The van der Waals surface area contributed by atoms with Crippen molar-refractivity contribution in [1.82, 2.24) is 10.2 Å². The lowest BCUT2D eigenvalue weighted by molar-refractivity contribution is -0.140. The maximum atomic E-state index is 14.0. The second-order valence-corrected chi connectivity index (χ2v) is 5.87. The van der Waals surface area contributed by atoms with E-state index in [0.717, 1.165) is 6.42 Å². The maximum absolute atomic E-state index is 14.0. The molecule has 0 bridgehead atoms. The first kappa shape index (κ1) is 20.2. The van der Waals surface area contributed by atoms with E-state index in [1.165, 1.54) is 6.07 Å². The van der Waals surface area contributed by atoms with Crippen LogP contribution in [0.2, 0.25) is 5.02 Å². The summed E-state index contributed by atoms with van der Waals surface area (Å²) in [6, 6.07) is 4.16. The first-order chi connectivity index (χ1) is 10.5. The van der Waals surface area contributed by atoms with Crippen LogP contribution in [0.15, 0.2) is 18.2 Å². The van der Waals surface area contributed by atoms with E-state index in [9.17, 15) is 9.18 Å². The van der Waals surface area contributed by atoms with Gasteiger partial charge in [-0.3, -0.25) is 4.79 Å². The van der Waals surface area contributed by atoms with Crippen LogP contribution in [0.3, 0.4) is 0 Å². The number of nitrogens with zero attached hydrogens (tertiary/aromatic N) is 1. The maximum Gasteiger partial charge on any atom is 0.242 e. The third-order valence-corrected chi connectivity index (χ3v) is 4.15. The van der Waals surface area contributed by atoms with Crippen molar-refractivity contribution in [2.75, 3.05) is 19.7 Å². The molecule has 1 fully saturated rings. The summed E-state index contributed by atoms with van der Waals surface area (Å²) in [7, 11) is 0. The van der Waals surface area contributed by atoms with E-state index in [-0.39, 0.29) is 36.8 Å². The van der Waals surface area contributed by atoms with Gasteiger partial charge in [-0.2, -0.15) is 0 Å². The Hall–Kier alpha value is -0.880. The molecule has 1 aromatic carbocycles. The number of rotatable bonds is 5. The van der Waals surface area contributed by atoms with E-state index in [1.54, 1.807) is 17.0 Å². The van der Waals surface area contributed by atoms with Crippen molar-refractivity contribution in [1.29, 1.82) is 0 Å². The largest absolute Gasteiger partial charge is 0.375 e. The van der Waals surface area contributed by atoms with Gasteiger partial charge < -0.3 is 15.0 Å². The number of halogens is 3. The molecule has 0 unspecified atom stereocenters.